The summed E-state index contributed by atoms with van der Waals surface area (Å²) in [6.07, 6.45) is 4.08. The lowest BCUT2D eigenvalue weighted by atomic mass is 10.1. The number of nitrogens with one attached hydrogen (secondary N) is 1. The molecule has 82 valence electrons. The maximum Gasteiger partial charge on any atom is 0.0648 e. The molecule has 2 rings (SSSR count). The minimum Gasteiger partial charge on any atom is -0.381 e. The highest BCUT2D eigenvalue weighted by Gasteiger charge is 2.23. The van der Waals surface area contributed by atoms with Gasteiger partial charge in [-0.25, -0.2) is 0 Å². The summed E-state index contributed by atoms with van der Waals surface area (Å²) in [7, 11) is 0. The maximum absolute atomic E-state index is 6.16. The van der Waals surface area contributed by atoms with Crippen LogP contribution in [0.1, 0.15) is 26.2 Å². The van der Waals surface area contributed by atoms with E-state index >= 15 is 0 Å². The van der Waals surface area contributed by atoms with Crippen LogP contribution in [0.5, 0.6) is 0 Å². The van der Waals surface area contributed by atoms with E-state index in [1.807, 2.05) is 6.07 Å². The second-order valence-electron chi connectivity index (χ2n) is 4.35. The number of hydrogen-bond donors (Lipinski definition) is 1. The zero-order valence-electron chi connectivity index (χ0n) is 8.76. The molecule has 0 radical (unpaired) electrons. The summed E-state index contributed by atoms with van der Waals surface area (Å²) in [6, 6.07) is 6.66. The van der Waals surface area contributed by atoms with Crippen LogP contribution < -0.4 is 5.32 Å². The third-order valence-electron chi connectivity index (χ3n) is 2.72. The quantitative estimate of drug-likeness (QED) is 0.796. The molecule has 1 aliphatic rings. The predicted molar refractivity (Wildman–Crippen MR) is 74.6 cm³/mol. The molecule has 15 heavy (non-hydrogen) atoms. The topological polar surface area (TPSA) is 12.0 Å². The van der Waals surface area contributed by atoms with Crippen LogP contribution in [0.2, 0.25) is 5.02 Å². The van der Waals surface area contributed by atoms with Crippen molar-refractivity contribution >= 4 is 39.9 Å². The number of anilines is 1. The van der Waals surface area contributed by atoms with Gasteiger partial charge in [0, 0.05) is 9.61 Å². The highest BCUT2D eigenvalue weighted by atomic mass is 127. The van der Waals surface area contributed by atoms with Crippen LogP contribution in [-0.2, 0) is 0 Å². The van der Waals surface area contributed by atoms with E-state index in [4.69, 9.17) is 11.6 Å². The molecule has 0 aromatic heterocycles. The van der Waals surface area contributed by atoms with Crippen LogP contribution in [0.4, 0.5) is 5.69 Å². The molecule has 1 saturated carbocycles. The Morgan fingerprint density at radius 3 is 2.87 bits per heavy atom. The SMILES string of the molecule is CC(CC1CC1)Nc1ccc(I)cc1Cl. The fraction of sp³-hybridized carbons (Fsp3) is 0.500. The summed E-state index contributed by atoms with van der Waals surface area (Å²) < 4.78 is 1.18. The highest BCUT2D eigenvalue weighted by Crippen LogP contribution is 2.34. The predicted octanol–water partition coefficient (Wildman–Crippen LogP) is 4.55. The van der Waals surface area contributed by atoms with Gasteiger partial charge in [-0.2, -0.15) is 0 Å². The summed E-state index contributed by atoms with van der Waals surface area (Å²) in [4.78, 5) is 0. The van der Waals surface area contributed by atoms with Crippen molar-refractivity contribution < 1.29 is 0 Å². The minimum absolute atomic E-state index is 0.523. The molecule has 1 nitrogen and oxygen atoms in total. The van der Waals surface area contributed by atoms with Gasteiger partial charge in [-0.05, 0) is 60.1 Å². The summed E-state index contributed by atoms with van der Waals surface area (Å²) >= 11 is 8.43. The Hall–Kier alpha value is 0.0400. The van der Waals surface area contributed by atoms with Crippen molar-refractivity contribution in [3.05, 3.63) is 26.8 Å². The molecule has 0 saturated heterocycles. The van der Waals surface area contributed by atoms with Crippen molar-refractivity contribution in [2.45, 2.75) is 32.2 Å². The second kappa shape index (κ2) is 4.91. The Balaban J connectivity index is 1.96. The van der Waals surface area contributed by atoms with Crippen LogP contribution in [0.15, 0.2) is 18.2 Å². The maximum atomic E-state index is 6.16. The average Bonchev–Trinajstić information content (AvgIpc) is 2.94. The second-order valence-corrected chi connectivity index (χ2v) is 6.00. The van der Waals surface area contributed by atoms with Crippen molar-refractivity contribution in [3.8, 4) is 0 Å². The van der Waals surface area contributed by atoms with E-state index < -0.39 is 0 Å². The Morgan fingerprint density at radius 2 is 2.27 bits per heavy atom. The summed E-state index contributed by atoms with van der Waals surface area (Å²) in [5.41, 5.74) is 1.06. The third-order valence-corrected chi connectivity index (χ3v) is 3.70. The van der Waals surface area contributed by atoms with Gasteiger partial charge in [-0.3, -0.25) is 0 Å². The molecule has 1 unspecified atom stereocenters. The number of benzene rings is 1. The molecule has 0 heterocycles. The summed E-state index contributed by atoms with van der Waals surface area (Å²) in [5.74, 6) is 0.954. The number of hydrogen-bond acceptors (Lipinski definition) is 1. The summed E-state index contributed by atoms with van der Waals surface area (Å²) in [6.45, 7) is 2.23. The highest BCUT2D eigenvalue weighted by molar-refractivity contribution is 14.1. The fourth-order valence-corrected chi connectivity index (χ4v) is 2.69. The zero-order chi connectivity index (χ0) is 10.8. The lowest BCUT2D eigenvalue weighted by molar-refractivity contribution is 0.642. The van der Waals surface area contributed by atoms with Crippen LogP contribution in [0, 0.1) is 9.49 Å². The van der Waals surface area contributed by atoms with Gasteiger partial charge in [-0.15, -0.1) is 0 Å². The van der Waals surface area contributed by atoms with Crippen LogP contribution in [-0.4, -0.2) is 6.04 Å². The van der Waals surface area contributed by atoms with Crippen LogP contribution in [0.25, 0.3) is 0 Å². The first-order chi connectivity index (χ1) is 7.15. The van der Waals surface area contributed by atoms with E-state index in [0.29, 0.717) is 6.04 Å². The van der Waals surface area contributed by atoms with Crippen molar-refractivity contribution in [3.63, 3.8) is 0 Å². The van der Waals surface area contributed by atoms with Crippen molar-refractivity contribution in [1.29, 1.82) is 0 Å². The van der Waals surface area contributed by atoms with Crippen molar-refractivity contribution in [2.75, 3.05) is 5.32 Å². The Bertz CT molecular complexity index is 349. The fourth-order valence-electron chi connectivity index (χ4n) is 1.78. The number of rotatable bonds is 4. The van der Waals surface area contributed by atoms with E-state index in [0.717, 1.165) is 16.6 Å². The molecule has 1 aromatic carbocycles. The van der Waals surface area contributed by atoms with Gasteiger partial charge in [-0.1, -0.05) is 24.4 Å². The first-order valence-electron chi connectivity index (χ1n) is 5.37. The lowest BCUT2D eigenvalue weighted by Gasteiger charge is -2.16. The largest absolute Gasteiger partial charge is 0.381 e. The van der Waals surface area contributed by atoms with Crippen LogP contribution in [0.3, 0.4) is 0 Å². The van der Waals surface area contributed by atoms with Crippen molar-refractivity contribution in [2.24, 2.45) is 5.92 Å². The zero-order valence-corrected chi connectivity index (χ0v) is 11.7. The summed E-state index contributed by atoms with van der Waals surface area (Å²) in [5, 5.41) is 4.30. The Kier molecular flexibility index (Phi) is 3.78. The molecule has 1 N–H and O–H groups in total. The van der Waals surface area contributed by atoms with Gasteiger partial charge < -0.3 is 5.32 Å². The molecule has 0 aliphatic heterocycles. The van der Waals surface area contributed by atoms with Gasteiger partial charge in [0.15, 0.2) is 0 Å². The van der Waals surface area contributed by atoms with Gasteiger partial charge in [0.05, 0.1) is 10.7 Å². The van der Waals surface area contributed by atoms with Gasteiger partial charge in [0.2, 0.25) is 0 Å². The van der Waals surface area contributed by atoms with Gasteiger partial charge in [0.25, 0.3) is 0 Å². The first kappa shape index (κ1) is 11.5. The molecule has 0 amide bonds. The molecule has 3 heteroatoms. The molecule has 0 spiro atoms. The van der Waals surface area contributed by atoms with E-state index in [9.17, 15) is 0 Å². The standard InChI is InChI=1S/C12H15ClIN/c1-8(6-9-2-3-9)15-12-5-4-10(14)7-11(12)13/h4-5,7-9,15H,2-3,6H2,1H3. The molecular formula is C12H15ClIN. The van der Waals surface area contributed by atoms with E-state index in [1.54, 1.807) is 0 Å². The van der Waals surface area contributed by atoms with E-state index in [2.05, 4.69) is 47.0 Å². The van der Waals surface area contributed by atoms with E-state index in [1.165, 1.54) is 22.8 Å². The monoisotopic (exact) mass is 335 g/mol. The Morgan fingerprint density at radius 1 is 1.53 bits per heavy atom. The molecule has 1 aromatic rings. The molecule has 0 bridgehead atoms. The van der Waals surface area contributed by atoms with E-state index in [-0.39, 0.29) is 0 Å². The average molecular weight is 336 g/mol. The molecule has 1 aliphatic carbocycles. The van der Waals surface area contributed by atoms with Gasteiger partial charge in [0.1, 0.15) is 0 Å². The molecule has 1 atom stereocenters. The molecular weight excluding hydrogens is 320 g/mol. The van der Waals surface area contributed by atoms with Gasteiger partial charge >= 0.3 is 0 Å². The van der Waals surface area contributed by atoms with Crippen molar-refractivity contribution in [1.82, 2.24) is 0 Å². The Labute approximate surface area is 110 Å². The lowest BCUT2D eigenvalue weighted by Crippen LogP contribution is -2.15. The van der Waals surface area contributed by atoms with Crippen LogP contribution >= 0.6 is 34.2 Å². The minimum atomic E-state index is 0.523. The first-order valence-corrected chi connectivity index (χ1v) is 6.82. The normalized spacial score (nSPS) is 17.5. The smallest absolute Gasteiger partial charge is 0.0648 e. The third kappa shape index (κ3) is 3.52. The molecule has 1 fully saturated rings. The number of halogens is 2.